The molecule has 2 amide bonds. The van der Waals surface area contributed by atoms with E-state index in [2.05, 4.69) is 5.32 Å². The Hall–Kier alpha value is -1.15. The largest absolute Gasteiger partial charge is 0.354 e. The summed E-state index contributed by atoms with van der Waals surface area (Å²) in [6.07, 6.45) is 0.238. The lowest BCUT2D eigenvalue weighted by Crippen LogP contribution is -2.43. The molecule has 0 saturated carbocycles. The number of carbonyl (C=O) groups is 2. The summed E-state index contributed by atoms with van der Waals surface area (Å²) in [6.45, 7) is 3.41. The van der Waals surface area contributed by atoms with Crippen molar-refractivity contribution in [2.75, 3.05) is 45.2 Å². The first-order valence-electron chi connectivity index (χ1n) is 7.16. The Morgan fingerprint density at radius 2 is 1.95 bits per heavy atom. The van der Waals surface area contributed by atoms with Crippen LogP contribution in [0, 0.1) is 0 Å². The van der Waals surface area contributed by atoms with E-state index < -0.39 is 9.84 Å². The number of hydrogen-bond donors (Lipinski definition) is 1. The van der Waals surface area contributed by atoms with Crippen LogP contribution < -0.4 is 5.32 Å². The standard InChI is InChI=1S/C13H25N3O4S/c1-4-16(11-5-8-21(19,20)10-11)13(18)9-12(17)14-6-7-15(2)3/h11H,4-10H2,1-3H3,(H,14,17). The number of nitrogens with one attached hydrogen (secondary N) is 1. The van der Waals surface area contributed by atoms with Gasteiger partial charge in [0.2, 0.25) is 11.8 Å². The van der Waals surface area contributed by atoms with Crippen molar-refractivity contribution in [3.63, 3.8) is 0 Å². The molecule has 1 fully saturated rings. The number of amides is 2. The first-order valence-corrected chi connectivity index (χ1v) is 8.98. The summed E-state index contributed by atoms with van der Waals surface area (Å²) >= 11 is 0. The Labute approximate surface area is 126 Å². The first kappa shape index (κ1) is 17.9. The fourth-order valence-electron chi connectivity index (χ4n) is 2.38. The van der Waals surface area contributed by atoms with Crippen LogP contribution in [0.1, 0.15) is 19.8 Å². The van der Waals surface area contributed by atoms with Crippen LogP contribution >= 0.6 is 0 Å². The first-order chi connectivity index (χ1) is 9.75. The fourth-order valence-corrected chi connectivity index (χ4v) is 4.11. The lowest BCUT2D eigenvalue weighted by Gasteiger charge is -2.26. The average molecular weight is 319 g/mol. The molecular weight excluding hydrogens is 294 g/mol. The molecule has 21 heavy (non-hydrogen) atoms. The molecule has 8 heteroatoms. The highest BCUT2D eigenvalue weighted by Crippen LogP contribution is 2.18. The van der Waals surface area contributed by atoms with Gasteiger partial charge in [0.1, 0.15) is 6.42 Å². The van der Waals surface area contributed by atoms with Crippen molar-refractivity contribution in [2.24, 2.45) is 0 Å². The van der Waals surface area contributed by atoms with Gasteiger partial charge in [-0.15, -0.1) is 0 Å². The van der Waals surface area contributed by atoms with Gasteiger partial charge in [-0.05, 0) is 27.4 Å². The zero-order chi connectivity index (χ0) is 16.0. The molecule has 0 aliphatic carbocycles. The van der Waals surface area contributed by atoms with Crippen molar-refractivity contribution in [2.45, 2.75) is 25.8 Å². The summed E-state index contributed by atoms with van der Waals surface area (Å²) in [5.74, 6) is -0.492. The Bertz CT molecular complexity index is 476. The minimum absolute atomic E-state index is 0.00876. The summed E-state index contributed by atoms with van der Waals surface area (Å²) in [6, 6.07) is -0.290. The van der Waals surface area contributed by atoms with Gasteiger partial charge in [0.15, 0.2) is 9.84 Å². The molecule has 1 saturated heterocycles. The van der Waals surface area contributed by atoms with E-state index in [1.54, 1.807) is 6.92 Å². The SMILES string of the molecule is CCN(C(=O)CC(=O)NCCN(C)C)C1CCS(=O)(=O)C1. The molecule has 1 N–H and O–H groups in total. The van der Waals surface area contributed by atoms with Crippen molar-refractivity contribution in [3.05, 3.63) is 0 Å². The van der Waals surface area contributed by atoms with Crippen LogP contribution in [0.5, 0.6) is 0 Å². The van der Waals surface area contributed by atoms with Gasteiger partial charge in [-0.3, -0.25) is 9.59 Å². The molecule has 122 valence electrons. The van der Waals surface area contributed by atoms with E-state index in [0.717, 1.165) is 0 Å². The third-order valence-corrected chi connectivity index (χ3v) is 5.25. The lowest BCUT2D eigenvalue weighted by molar-refractivity contribution is -0.137. The van der Waals surface area contributed by atoms with E-state index in [1.807, 2.05) is 19.0 Å². The third-order valence-electron chi connectivity index (χ3n) is 3.50. The van der Waals surface area contributed by atoms with Gasteiger partial charge in [-0.2, -0.15) is 0 Å². The minimum Gasteiger partial charge on any atom is -0.354 e. The van der Waals surface area contributed by atoms with Crippen LogP contribution in [0.15, 0.2) is 0 Å². The number of sulfone groups is 1. The summed E-state index contributed by atoms with van der Waals surface area (Å²) < 4.78 is 23.0. The zero-order valence-corrected chi connectivity index (χ0v) is 13.8. The Balaban J connectivity index is 2.46. The summed E-state index contributed by atoms with van der Waals surface area (Å²) in [7, 11) is 0.763. The molecule has 1 heterocycles. The van der Waals surface area contributed by atoms with E-state index >= 15 is 0 Å². The van der Waals surface area contributed by atoms with E-state index in [1.165, 1.54) is 4.90 Å². The van der Waals surface area contributed by atoms with Crippen molar-refractivity contribution in [1.29, 1.82) is 0 Å². The molecule has 0 spiro atoms. The molecular formula is C13H25N3O4S. The van der Waals surface area contributed by atoms with Gasteiger partial charge >= 0.3 is 0 Å². The van der Waals surface area contributed by atoms with Crippen molar-refractivity contribution >= 4 is 21.7 Å². The highest BCUT2D eigenvalue weighted by atomic mass is 32.2. The van der Waals surface area contributed by atoms with Gasteiger partial charge in [-0.25, -0.2) is 8.42 Å². The maximum atomic E-state index is 12.1. The minimum atomic E-state index is -3.04. The Morgan fingerprint density at radius 1 is 1.29 bits per heavy atom. The fraction of sp³-hybridized carbons (Fsp3) is 0.846. The van der Waals surface area contributed by atoms with Crippen LogP contribution in [0.4, 0.5) is 0 Å². The highest BCUT2D eigenvalue weighted by molar-refractivity contribution is 7.91. The topological polar surface area (TPSA) is 86.8 Å². The van der Waals surface area contributed by atoms with Crippen molar-refractivity contribution in [1.82, 2.24) is 15.1 Å². The number of rotatable bonds is 7. The highest BCUT2D eigenvalue weighted by Gasteiger charge is 2.34. The van der Waals surface area contributed by atoms with E-state index in [-0.39, 0.29) is 35.8 Å². The quantitative estimate of drug-likeness (QED) is 0.614. The molecule has 0 aromatic rings. The molecule has 7 nitrogen and oxygen atoms in total. The number of hydrogen-bond acceptors (Lipinski definition) is 5. The molecule has 1 aliphatic rings. The second-order valence-corrected chi connectivity index (χ2v) is 7.80. The monoisotopic (exact) mass is 319 g/mol. The predicted octanol–water partition coefficient (Wildman–Crippen LogP) is -0.910. The van der Waals surface area contributed by atoms with E-state index in [4.69, 9.17) is 0 Å². The molecule has 1 aliphatic heterocycles. The third kappa shape index (κ3) is 6.01. The van der Waals surface area contributed by atoms with Gasteiger partial charge in [0, 0.05) is 25.7 Å². The van der Waals surface area contributed by atoms with Gasteiger partial charge in [0.25, 0.3) is 0 Å². The van der Waals surface area contributed by atoms with Crippen LogP contribution in [-0.2, 0) is 19.4 Å². The molecule has 1 atom stereocenters. The Kier molecular flexibility index (Phi) is 6.60. The summed E-state index contributed by atoms with van der Waals surface area (Å²) in [5.41, 5.74) is 0. The molecule has 0 bridgehead atoms. The molecule has 0 aromatic carbocycles. The second kappa shape index (κ2) is 7.74. The van der Waals surface area contributed by atoms with Crippen molar-refractivity contribution < 1.29 is 18.0 Å². The lowest BCUT2D eigenvalue weighted by atomic mass is 10.2. The average Bonchev–Trinajstić information content (AvgIpc) is 2.69. The van der Waals surface area contributed by atoms with Crippen LogP contribution in [0.25, 0.3) is 0 Å². The smallest absolute Gasteiger partial charge is 0.232 e. The van der Waals surface area contributed by atoms with Gasteiger partial charge in [-0.1, -0.05) is 0 Å². The van der Waals surface area contributed by atoms with E-state index in [9.17, 15) is 18.0 Å². The number of likely N-dealkylation sites (N-methyl/N-ethyl adjacent to an activating group) is 1. The maximum Gasteiger partial charge on any atom is 0.232 e. The molecule has 0 aromatic heterocycles. The van der Waals surface area contributed by atoms with Gasteiger partial charge in [0.05, 0.1) is 11.5 Å². The predicted molar refractivity (Wildman–Crippen MR) is 80.6 cm³/mol. The summed E-state index contributed by atoms with van der Waals surface area (Å²) in [5, 5.41) is 2.68. The summed E-state index contributed by atoms with van der Waals surface area (Å²) in [4.78, 5) is 27.3. The molecule has 1 unspecified atom stereocenters. The van der Waals surface area contributed by atoms with Crippen LogP contribution in [0.3, 0.4) is 0 Å². The second-order valence-electron chi connectivity index (χ2n) is 5.57. The van der Waals surface area contributed by atoms with Crippen LogP contribution in [0.2, 0.25) is 0 Å². The number of carbonyl (C=O) groups excluding carboxylic acids is 2. The number of nitrogens with zero attached hydrogens (tertiary/aromatic N) is 2. The van der Waals surface area contributed by atoms with Crippen molar-refractivity contribution in [3.8, 4) is 0 Å². The van der Waals surface area contributed by atoms with E-state index in [0.29, 0.717) is 26.1 Å². The van der Waals surface area contributed by atoms with Crippen LogP contribution in [-0.4, -0.2) is 81.3 Å². The zero-order valence-electron chi connectivity index (χ0n) is 13.0. The normalized spacial score (nSPS) is 20.5. The maximum absolute atomic E-state index is 12.1. The van der Waals surface area contributed by atoms with Gasteiger partial charge < -0.3 is 15.1 Å². The molecule has 1 rings (SSSR count). The Morgan fingerprint density at radius 3 is 2.43 bits per heavy atom. The molecule has 0 radical (unpaired) electrons.